The fraction of sp³-hybridized carbons (Fsp3) is 0.150. The van der Waals surface area contributed by atoms with E-state index in [1.807, 2.05) is 48.5 Å². The van der Waals surface area contributed by atoms with Crippen LogP contribution in [0.1, 0.15) is 21.5 Å². The van der Waals surface area contributed by atoms with Crippen LogP contribution in [0.25, 0.3) is 0 Å². The number of ketones is 1. The van der Waals surface area contributed by atoms with E-state index < -0.39 is 6.10 Å². The maximum Gasteiger partial charge on any atom is 0.207 e. The van der Waals surface area contributed by atoms with Crippen molar-refractivity contribution in [3.63, 3.8) is 0 Å². The van der Waals surface area contributed by atoms with Crippen LogP contribution >= 0.6 is 11.8 Å². The first-order valence-corrected chi connectivity index (χ1v) is 8.66. The van der Waals surface area contributed by atoms with Crippen LogP contribution in [0.3, 0.4) is 0 Å². The zero-order valence-electron chi connectivity index (χ0n) is 12.6. The minimum atomic E-state index is -0.451. The molecule has 0 amide bonds. The van der Waals surface area contributed by atoms with E-state index in [2.05, 4.69) is 18.2 Å². The number of ether oxygens (including phenoxy) is 1. The van der Waals surface area contributed by atoms with Gasteiger partial charge in [0.1, 0.15) is 0 Å². The van der Waals surface area contributed by atoms with E-state index in [1.165, 1.54) is 5.56 Å². The van der Waals surface area contributed by atoms with Gasteiger partial charge in [-0.25, -0.2) is 0 Å². The molecule has 2 aromatic rings. The molecule has 114 valence electrons. The Bertz CT molecular complexity index is 805. The molecule has 1 aliphatic heterocycles. The van der Waals surface area contributed by atoms with Gasteiger partial charge in [0.2, 0.25) is 5.78 Å². The van der Waals surface area contributed by atoms with E-state index >= 15 is 0 Å². The average molecular weight is 320 g/mol. The highest BCUT2D eigenvalue weighted by Gasteiger charge is 2.34. The third-order valence-electron chi connectivity index (χ3n) is 4.14. The van der Waals surface area contributed by atoms with Crippen molar-refractivity contribution in [1.82, 2.24) is 0 Å². The van der Waals surface area contributed by atoms with Crippen molar-refractivity contribution in [2.45, 2.75) is 18.3 Å². The van der Waals surface area contributed by atoms with Crippen LogP contribution in [0.5, 0.6) is 0 Å². The van der Waals surface area contributed by atoms with Gasteiger partial charge in [-0.05, 0) is 29.2 Å². The number of carbonyl (C=O) groups excluding carboxylic acids is 1. The van der Waals surface area contributed by atoms with Gasteiger partial charge in [0.15, 0.2) is 11.2 Å². The van der Waals surface area contributed by atoms with E-state index in [0.29, 0.717) is 0 Å². The number of thioether (sulfide) groups is 1. The number of benzene rings is 2. The molecule has 4 rings (SSSR count). The molecule has 0 radical (unpaired) electrons. The SMILES string of the molecule is O=C1c2ccccc2CC2=CC=C(SCc3ccccc3)OC12. The highest BCUT2D eigenvalue weighted by Crippen LogP contribution is 2.35. The quantitative estimate of drug-likeness (QED) is 0.831. The second-order valence-electron chi connectivity index (χ2n) is 5.70. The first kappa shape index (κ1) is 14.3. The Balaban J connectivity index is 1.52. The van der Waals surface area contributed by atoms with Crippen LogP contribution in [0, 0.1) is 0 Å². The molecule has 0 bridgehead atoms. The summed E-state index contributed by atoms with van der Waals surface area (Å²) in [6.07, 6.45) is 4.38. The molecule has 23 heavy (non-hydrogen) atoms. The molecule has 0 spiro atoms. The summed E-state index contributed by atoms with van der Waals surface area (Å²) in [5.74, 6) is 0.914. The maximum absolute atomic E-state index is 12.7. The van der Waals surface area contributed by atoms with Crippen LogP contribution in [-0.4, -0.2) is 11.9 Å². The maximum atomic E-state index is 12.7. The van der Waals surface area contributed by atoms with E-state index in [4.69, 9.17) is 4.74 Å². The molecule has 1 atom stereocenters. The van der Waals surface area contributed by atoms with E-state index in [1.54, 1.807) is 11.8 Å². The number of carbonyl (C=O) groups is 1. The first-order chi connectivity index (χ1) is 11.3. The van der Waals surface area contributed by atoms with Gasteiger partial charge in [0.25, 0.3) is 0 Å². The monoisotopic (exact) mass is 320 g/mol. The number of hydrogen-bond acceptors (Lipinski definition) is 3. The van der Waals surface area contributed by atoms with Crippen LogP contribution in [-0.2, 0) is 16.9 Å². The topological polar surface area (TPSA) is 26.3 Å². The lowest BCUT2D eigenvalue weighted by atomic mass is 9.84. The standard InChI is InChI=1S/C20H16O2S/c21-19-17-9-5-4-8-15(17)12-16-10-11-18(22-20(16)19)23-13-14-6-2-1-3-7-14/h1-11,20H,12-13H2. The van der Waals surface area contributed by atoms with E-state index in [-0.39, 0.29) is 5.78 Å². The van der Waals surface area contributed by atoms with Crippen molar-refractivity contribution in [3.05, 3.63) is 94.1 Å². The van der Waals surface area contributed by atoms with Gasteiger partial charge in [-0.1, -0.05) is 72.4 Å². The second-order valence-corrected chi connectivity index (χ2v) is 6.68. The van der Waals surface area contributed by atoms with Gasteiger partial charge in [-0.15, -0.1) is 0 Å². The van der Waals surface area contributed by atoms with E-state index in [0.717, 1.165) is 34.0 Å². The lowest BCUT2D eigenvalue weighted by Crippen LogP contribution is -2.33. The van der Waals surface area contributed by atoms with Gasteiger partial charge in [-0.3, -0.25) is 4.79 Å². The Morgan fingerprint density at radius 3 is 2.65 bits per heavy atom. The number of Topliss-reactive ketones (excluding diaryl/α,β-unsaturated/α-hetero) is 1. The summed E-state index contributed by atoms with van der Waals surface area (Å²) in [7, 11) is 0. The highest BCUT2D eigenvalue weighted by atomic mass is 32.2. The predicted octanol–water partition coefficient (Wildman–Crippen LogP) is 4.53. The fourth-order valence-electron chi connectivity index (χ4n) is 2.95. The van der Waals surface area contributed by atoms with E-state index in [9.17, 15) is 4.79 Å². The summed E-state index contributed by atoms with van der Waals surface area (Å²) in [4.78, 5) is 12.7. The van der Waals surface area contributed by atoms with Crippen LogP contribution in [0.2, 0.25) is 0 Å². The van der Waals surface area contributed by atoms with Gasteiger partial charge in [-0.2, -0.15) is 0 Å². The van der Waals surface area contributed by atoms with Crippen molar-refractivity contribution in [2.75, 3.05) is 0 Å². The van der Waals surface area contributed by atoms with Gasteiger partial charge in [0, 0.05) is 11.3 Å². The molecule has 2 nitrogen and oxygen atoms in total. The number of rotatable bonds is 3. The van der Waals surface area contributed by atoms with Crippen molar-refractivity contribution in [1.29, 1.82) is 0 Å². The summed E-state index contributed by atoms with van der Waals surface area (Å²) in [6.45, 7) is 0. The van der Waals surface area contributed by atoms with Gasteiger partial charge >= 0.3 is 0 Å². The molecule has 0 N–H and O–H groups in total. The Kier molecular flexibility index (Phi) is 3.80. The molecule has 0 saturated carbocycles. The van der Waals surface area contributed by atoms with Crippen molar-refractivity contribution in [2.24, 2.45) is 0 Å². The summed E-state index contributed by atoms with van der Waals surface area (Å²) in [5.41, 5.74) is 4.19. The van der Waals surface area contributed by atoms with Crippen LogP contribution in [0.4, 0.5) is 0 Å². The molecule has 1 unspecified atom stereocenters. The van der Waals surface area contributed by atoms with Gasteiger partial charge < -0.3 is 4.74 Å². The third kappa shape index (κ3) is 2.84. The summed E-state index contributed by atoms with van der Waals surface area (Å²) in [5, 5.41) is 0.815. The zero-order valence-corrected chi connectivity index (χ0v) is 13.4. The highest BCUT2D eigenvalue weighted by molar-refractivity contribution is 8.02. The Morgan fingerprint density at radius 1 is 1.00 bits per heavy atom. The molecular weight excluding hydrogens is 304 g/mol. The summed E-state index contributed by atoms with van der Waals surface area (Å²) >= 11 is 1.63. The molecule has 1 heterocycles. The Hall–Kier alpha value is -2.26. The summed E-state index contributed by atoms with van der Waals surface area (Å²) in [6, 6.07) is 18.1. The fourth-order valence-corrected chi connectivity index (χ4v) is 3.78. The summed E-state index contributed by atoms with van der Waals surface area (Å²) < 4.78 is 5.99. The molecule has 3 heteroatoms. The smallest absolute Gasteiger partial charge is 0.207 e. The predicted molar refractivity (Wildman–Crippen MR) is 93.3 cm³/mol. The van der Waals surface area contributed by atoms with Crippen molar-refractivity contribution < 1.29 is 9.53 Å². The minimum Gasteiger partial charge on any atom is -0.472 e. The number of hydrogen-bond donors (Lipinski definition) is 0. The molecular formula is C20H16O2S. The van der Waals surface area contributed by atoms with Crippen LogP contribution < -0.4 is 0 Å². The first-order valence-electron chi connectivity index (χ1n) is 7.67. The number of allylic oxidation sites excluding steroid dienone is 2. The number of fused-ring (bicyclic) bond motifs is 2. The molecule has 0 fully saturated rings. The van der Waals surface area contributed by atoms with Crippen molar-refractivity contribution in [3.8, 4) is 0 Å². The third-order valence-corrected chi connectivity index (χ3v) is 5.14. The lowest BCUT2D eigenvalue weighted by Gasteiger charge is -2.30. The normalized spacial score (nSPS) is 19.1. The molecule has 0 aromatic heterocycles. The van der Waals surface area contributed by atoms with Crippen molar-refractivity contribution >= 4 is 17.5 Å². The average Bonchev–Trinajstić information content (AvgIpc) is 2.61. The molecule has 2 aliphatic rings. The van der Waals surface area contributed by atoms with Crippen LogP contribution in [0.15, 0.2) is 77.4 Å². The zero-order chi connectivity index (χ0) is 15.6. The second kappa shape index (κ2) is 6.09. The molecule has 1 aliphatic carbocycles. The Labute approximate surface area is 139 Å². The minimum absolute atomic E-state index is 0.0732. The largest absolute Gasteiger partial charge is 0.472 e. The van der Waals surface area contributed by atoms with Gasteiger partial charge in [0.05, 0.1) is 0 Å². The molecule has 0 saturated heterocycles. The Morgan fingerprint density at radius 2 is 1.78 bits per heavy atom. The lowest BCUT2D eigenvalue weighted by molar-refractivity contribution is 0.0735. The molecule has 2 aromatic carbocycles.